The third kappa shape index (κ3) is 4.08. The Bertz CT molecular complexity index is 1410. The van der Waals surface area contributed by atoms with Crippen molar-refractivity contribution in [2.75, 3.05) is 5.32 Å². The number of hydrogen-bond donors (Lipinski definition) is 2. The number of hydrogen-bond acceptors (Lipinski definition) is 3. The molecule has 2 aromatic carbocycles. The zero-order chi connectivity index (χ0) is 21.5. The monoisotopic (exact) mass is 441 g/mol. The fourth-order valence-electron chi connectivity index (χ4n) is 4.24. The molecule has 3 heterocycles. The summed E-state index contributed by atoms with van der Waals surface area (Å²) in [4.78, 5) is 12.9. The van der Waals surface area contributed by atoms with Crippen molar-refractivity contribution in [3.8, 4) is 0 Å². The number of benzene rings is 2. The van der Waals surface area contributed by atoms with Crippen molar-refractivity contribution in [1.29, 1.82) is 0 Å². The van der Waals surface area contributed by atoms with E-state index in [1.807, 2.05) is 18.2 Å². The summed E-state index contributed by atoms with van der Waals surface area (Å²) in [6.45, 7) is 0.682. The van der Waals surface area contributed by atoms with Gasteiger partial charge in [-0.15, -0.1) is 0 Å². The Labute approximate surface area is 191 Å². The van der Waals surface area contributed by atoms with Gasteiger partial charge in [-0.3, -0.25) is 0 Å². The van der Waals surface area contributed by atoms with E-state index in [1.54, 1.807) is 0 Å². The quantitative estimate of drug-likeness (QED) is 0.319. The molecule has 0 atom stereocenters. The maximum Gasteiger partial charge on any atom is 0.137 e. The van der Waals surface area contributed by atoms with E-state index in [9.17, 15) is 0 Å². The molecule has 6 heteroatoms. The van der Waals surface area contributed by atoms with Crippen LogP contribution in [0.1, 0.15) is 41.4 Å². The van der Waals surface area contributed by atoms with Crippen LogP contribution in [0.5, 0.6) is 0 Å². The summed E-state index contributed by atoms with van der Waals surface area (Å²) in [5.41, 5.74) is 7.75. The van der Waals surface area contributed by atoms with E-state index in [1.165, 1.54) is 24.0 Å². The van der Waals surface area contributed by atoms with Crippen LogP contribution in [0, 0.1) is 0 Å². The topological polar surface area (TPSA) is 58.0 Å². The van der Waals surface area contributed by atoms with Crippen molar-refractivity contribution in [1.82, 2.24) is 19.4 Å². The van der Waals surface area contributed by atoms with Crippen molar-refractivity contribution in [2.24, 2.45) is 0 Å². The highest BCUT2D eigenvalue weighted by Gasteiger charge is 2.23. The van der Waals surface area contributed by atoms with Crippen LogP contribution >= 0.6 is 11.6 Å². The second-order valence-electron chi connectivity index (χ2n) is 8.63. The SMILES string of the molecule is Clc1cccc(CCc2nc3ccc(NCc4cn5cc(C6CC6)ccc5n4)cc3[nH]2)c1. The number of H-pyrrole nitrogens is 1. The first kappa shape index (κ1) is 19.4. The summed E-state index contributed by atoms with van der Waals surface area (Å²) in [5.74, 6) is 1.74. The van der Waals surface area contributed by atoms with Crippen molar-refractivity contribution in [3.63, 3.8) is 0 Å². The summed E-state index contributed by atoms with van der Waals surface area (Å²) in [7, 11) is 0. The molecule has 0 saturated heterocycles. The Kier molecular flexibility index (Phi) is 4.84. The lowest BCUT2D eigenvalue weighted by Crippen LogP contribution is -1.99. The predicted octanol–water partition coefficient (Wildman–Crippen LogP) is 6.14. The number of aromatic amines is 1. The Hall–Kier alpha value is -3.31. The lowest BCUT2D eigenvalue weighted by molar-refractivity contribution is 0.890. The standard InChI is InChI=1S/C26H24ClN5/c27-20-3-1-2-17(12-20)4-10-25-30-23-9-8-21(13-24(23)31-25)28-14-22-16-32-15-19(18-5-6-18)7-11-26(32)29-22/h1-3,7-9,11-13,15-16,18,28H,4-6,10,14H2,(H,30,31). The predicted molar refractivity (Wildman–Crippen MR) is 129 cm³/mol. The number of anilines is 1. The Morgan fingerprint density at radius 2 is 1.94 bits per heavy atom. The molecule has 0 radical (unpaired) electrons. The number of nitrogens with zero attached hydrogens (tertiary/aromatic N) is 3. The van der Waals surface area contributed by atoms with Gasteiger partial charge in [0.15, 0.2) is 0 Å². The molecule has 32 heavy (non-hydrogen) atoms. The lowest BCUT2D eigenvalue weighted by Gasteiger charge is -2.03. The Balaban J connectivity index is 1.13. The molecule has 0 unspecified atom stereocenters. The van der Waals surface area contributed by atoms with Gasteiger partial charge in [-0.25, -0.2) is 9.97 Å². The maximum atomic E-state index is 6.09. The molecule has 5 aromatic rings. The van der Waals surface area contributed by atoms with Gasteiger partial charge in [-0.05, 0) is 72.7 Å². The highest BCUT2D eigenvalue weighted by Crippen LogP contribution is 2.39. The zero-order valence-corrected chi connectivity index (χ0v) is 18.4. The normalized spacial score (nSPS) is 13.8. The molecule has 1 fully saturated rings. The fraction of sp³-hybridized carbons (Fsp3) is 0.231. The minimum absolute atomic E-state index is 0.682. The zero-order valence-electron chi connectivity index (χ0n) is 17.7. The molecular formula is C26H24ClN5. The Morgan fingerprint density at radius 3 is 2.81 bits per heavy atom. The molecule has 0 aliphatic heterocycles. The number of fused-ring (bicyclic) bond motifs is 2. The van der Waals surface area contributed by atoms with Crippen LogP contribution in [0.25, 0.3) is 16.7 Å². The number of imidazole rings is 2. The van der Waals surface area contributed by atoms with E-state index in [0.29, 0.717) is 6.54 Å². The van der Waals surface area contributed by atoms with E-state index in [4.69, 9.17) is 21.6 Å². The molecule has 1 aliphatic rings. The van der Waals surface area contributed by atoms with Crippen molar-refractivity contribution < 1.29 is 0 Å². The molecule has 0 spiro atoms. The molecule has 0 bridgehead atoms. The van der Waals surface area contributed by atoms with Gasteiger partial charge in [-0.1, -0.05) is 29.8 Å². The van der Waals surface area contributed by atoms with Gasteiger partial charge in [-0.2, -0.15) is 0 Å². The number of pyridine rings is 1. The average Bonchev–Trinajstić information content (AvgIpc) is 3.44. The third-order valence-electron chi connectivity index (χ3n) is 6.12. The fourth-order valence-corrected chi connectivity index (χ4v) is 4.46. The molecule has 3 aromatic heterocycles. The first-order valence-electron chi connectivity index (χ1n) is 11.1. The highest BCUT2D eigenvalue weighted by molar-refractivity contribution is 6.30. The van der Waals surface area contributed by atoms with Gasteiger partial charge >= 0.3 is 0 Å². The molecule has 160 valence electrons. The van der Waals surface area contributed by atoms with Crippen LogP contribution in [0.4, 0.5) is 5.69 Å². The van der Waals surface area contributed by atoms with Gasteiger partial charge in [0, 0.05) is 29.5 Å². The minimum atomic E-state index is 0.682. The molecule has 5 nitrogen and oxygen atoms in total. The van der Waals surface area contributed by atoms with Gasteiger partial charge in [0.05, 0.1) is 23.3 Å². The first-order valence-corrected chi connectivity index (χ1v) is 11.5. The molecule has 6 rings (SSSR count). The van der Waals surface area contributed by atoms with Gasteiger partial charge in [0.2, 0.25) is 0 Å². The Morgan fingerprint density at radius 1 is 1.00 bits per heavy atom. The van der Waals surface area contributed by atoms with Crippen molar-refractivity contribution >= 4 is 34.0 Å². The second-order valence-corrected chi connectivity index (χ2v) is 9.07. The molecule has 2 N–H and O–H groups in total. The minimum Gasteiger partial charge on any atom is -0.379 e. The van der Waals surface area contributed by atoms with Crippen molar-refractivity contribution in [2.45, 2.75) is 38.1 Å². The molecule has 0 amide bonds. The summed E-state index contributed by atoms with van der Waals surface area (Å²) >= 11 is 6.09. The maximum absolute atomic E-state index is 6.09. The summed E-state index contributed by atoms with van der Waals surface area (Å²) in [6, 6.07) is 18.6. The molecule has 1 saturated carbocycles. The number of aromatic nitrogens is 4. The number of nitrogens with one attached hydrogen (secondary N) is 2. The smallest absolute Gasteiger partial charge is 0.137 e. The summed E-state index contributed by atoms with van der Waals surface area (Å²) in [5, 5.41) is 4.27. The van der Waals surface area contributed by atoms with E-state index in [-0.39, 0.29) is 0 Å². The molecular weight excluding hydrogens is 418 g/mol. The summed E-state index contributed by atoms with van der Waals surface area (Å²) < 4.78 is 2.15. The van der Waals surface area contributed by atoms with Gasteiger partial charge in [0.25, 0.3) is 0 Å². The average molecular weight is 442 g/mol. The van der Waals surface area contributed by atoms with Crippen LogP contribution in [0.2, 0.25) is 5.02 Å². The first-order chi connectivity index (χ1) is 15.7. The van der Waals surface area contributed by atoms with E-state index in [0.717, 1.165) is 57.7 Å². The summed E-state index contributed by atoms with van der Waals surface area (Å²) in [6.07, 6.45) is 8.73. The van der Waals surface area contributed by atoms with Gasteiger partial charge in [0.1, 0.15) is 11.5 Å². The number of halogens is 1. The highest BCUT2D eigenvalue weighted by atomic mass is 35.5. The van der Waals surface area contributed by atoms with Crippen molar-refractivity contribution in [3.05, 3.63) is 94.7 Å². The largest absolute Gasteiger partial charge is 0.379 e. The van der Waals surface area contributed by atoms with Crippen LogP contribution < -0.4 is 5.32 Å². The van der Waals surface area contributed by atoms with Gasteiger partial charge < -0.3 is 14.7 Å². The van der Waals surface area contributed by atoms with Crippen LogP contribution in [-0.4, -0.2) is 19.4 Å². The van der Waals surface area contributed by atoms with Crippen LogP contribution in [0.3, 0.4) is 0 Å². The third-order valence-corrected chi connectivity index (χ3v) is 6.35. The lowest BCUT2D eigenvalue weighted by atomic mass is 10.1. The van der Waals surface area contributed by atoms with E-state index < -0.39 is 0 Å². The van der Waals surface area contributed by atoms with E-state index >= 15 is 0 Å². The number of rotatable bonds is 7. The van der Waals surface area contributed by atoms with Crippen LogP contribution in [-0.2, 0) is 19.4 Å². The molecule has 1 aliphatic carbocycles. The second kappa shape index (κ2) is 7.99. The van der Waals surface area contributed by atoms with Crippen LogP contribution in [0.15, 0.2) is 67.0 Å². The number of aryl methyl sites for hydroxylation is 2. The van der Waals surface area contributed by atoms with E-state index in [2.05, 4.69) is 63.5 Å².